The molecule has 3 heterocycles. The summed E-state index contributed by atoms with van der Waals surface area (Å²) in [5, 5.41) is 26.2. The predicted octanol–water partition coefficient (Wildman–Crippen LogP) is 3.61. The normalized spacial score (nSPS) is 13.9. The van der Waals surface area contributed by atoms with Crippen LogP contribution in [0.25, 0.3) is 43.6 Å². The summed E-state index contributed by atoms with van der Waals surface area (Å²) >= 11 is 0. The van der Waals surface area contributed by atoms with E-state index in [2.05, 4.69) is 15.3 Å². The first-order valence-electron chi connectivity index (χ1n) is 8.33. The Balaban J connectivity index is 1.97. The molecule has 3 aromatic carbocycles. The van der Waals surface area contributed by atoms with Gasteiger partial charge >= 0.3 is 0 Å². The molecular formula is C20H13N3O3. The van der Waals surface area contributed by atoms with Crippen LogP contribution >= 0.6 is 0 Å². The van der Waals surface area contributed by atoms with E-state index in [1.165, 1.54) is 0 Å². The molecule has 5 aromatic rings. The zero-order valence-corrected chi connectivity index (χ0v) is 13.5. The Morgan fingerprint density at radius 2 is 1.38 bits per heavy atom. The molecule has 1 amide bonds. The lowest BCUT2D eigenvalue weighted by molar-refractivity contribution is 0.0967. The van der Waals surface area contributed by atoms with Gasteiger partial charge in [0, 0.05) is 39.1 Å². The third-order valence-electron chi connectivity index (χ3n) is 5.32. The predicted molar refractivity (Wildman–Crippen MR) is 99.7 cm³/mol. The number of carbonyl (C=O) groups is 1. The molecule has 5 N–H and O–H groups in total. The van der Waals surface area contributed by atoms with Crippen molar-refractivity contribution in [3.05, 3.63) is 47.5 Å². The van der Waals surface area contributed by atoms with Gasteiger partial charge < -0.3 is 25.5 Å². The van der Waals surface area contributed by atoms with Gasteiger partial charge in [0.2, 0.25) is 0 Å². The number of rotatable bonds is 0. The number of phenolic OH excluding ortho intramolecular Hbond substituents is 2. The molecule has 1 aliphatic rings. The zero-order valence-electron chi connectivity index (χ0n) is 13.5. The highest BCUT2D eigenvalue weighted by Crippen LogP contribution is 2.42. The van der Waals surface area contributed by atoms with E-state index in [4.69, 9.17) is 0 Å². The van der Waals surface area contributed by atoms with Crippen LogP contribution in [0.5, 0.6) is 11.5 Å². The van der Waals surface area contributed by atoms with Crippen LogP contribution in [0, 0.1) is 0 Å². The van der Waals surface area contributed by atoms with Crippen molar-refractivity contribution in [1.82, 2.24) is 15.3 Å². The SMILES string of the molecule is O=C1NCc2c1c1c3cc(O)ccc3[nH]c1c1[nH]c3ccc(O)cc3c21. The van der Waals surface area contributed by atoms with Crippen LogP contribution in [-0.4, -0.2) is 26.1 Å². The van der Waals surface area contributed by atoms with E-state index in [0.29, 0.717) is 12.1 Å². The summed E-state index contributed by atoms with van der Waals surface area (Å²) in [6.45, 7) is 0.439. The maximum absolute atomic E-state index is 12.6. The highest BCUT2D eigenvalue weighted by molar-refractivity contribution is 6.30. The van der Waals surface area contributed by atoms with Crippen molar-refractivity contribution in [2.24, 2.45) is 0 Å². The summed E-state index contributed by atoms with van der Waals surface area (Å²) in [6, 6.07) is 10.3. The van der Waals surface area contributed by atoms with Crippen molar-refractivity contribution in [1.29, 1.82) is 0 Å². The first-order valence-corrected chi connectivity index (χ1v) is 8.33. The Morgan fingerprint density at radius 3 is 2.04 bits per heavy atom. The van der Waals surface area contributed by atoms with E-state index in [9.17, 15) is 15.0 Å². The minimum Gasteiger partial charge on any atom is -0.508 e. The number of nitrogens with one attached hydrogen (secondary N) is 3. The second kappa shape index (κ2) is 4.29. The van der Waals surface area contributed by atoms with Gasteiger partial charge in [0.1, 0.15) is 11.5 Å². The number of amides is 1. The van der Waals surface area contributed by atoms with Gasteiger partial charge in [-0.25, -0.2) is 0 Å². The van der Waals surface area contributed by atoms with Gasteiger partial charge in [-0.05, 0) is 42.0 Å². The second-order valence-corrected chi connectivity index (χ2v) is 6.75. The van der Waals surface area contributed by atoms with Crippen LogP contribution in [0.3, 0.4) is 0 Å². The van der Waals surface area contributed by atoms with Gasteiger partial charge in [-0.1, -0.05) is 0 Å². The second-order valence-electron chi connectivity index (χ2n) is 6.75. The quantitative estimate of drug-likeness (QED) is 0.297. The molecule has 26 heavy (non-hydrogen) atoms. The van der Waals surface area contributed by atoms with E-state index >= 15 is 0 Å². The van der Waals surface area contributed by atoms with Crippen molar-refractivity contribution in [2.75, 3.05) is 0 Å². The Labute approximate surface area is 146 Å². The van der Waals surface area contributed by atoms with E-state index in [1.807, 2.05) is 12.1 Å². The molecule has 0 spiro atoms. The van der Waals surface area contributed by atoms with Crippen molar-refractivity contribution < 1.29 is 15.0 Å². The Hall–Kier alpha value is -3.67. The van der Waals surface area contributed by atoms with Gasteiger partial charge in [0.15, 0.2) is 0 Å². The van der Waals surface area contributed by atoms with E-state index < -0.39 is 0 Å². The van der Waals surface area contributed by atoms with Gasteiger partial charge in [-0.3, -0.25) is 4.79 Å². The fourth-order valence-corrected chi connectivity index (χ4v) is 4.27. The molecule has 1 aliphatic heterocycles. The number of aromatic hydroxyl groups is 2. The highest BCUT2D eigenvalue weighted by atomic mass is 16.3. The number of hydrogen-bond acceptors (Lipinski definition) is 3. The van der Waals surface area contributed by atoms with Crippen LogP contribution in [0.2, 0.25) is 0 Å². The molecule has 6 rings (SSSR count). The maximum Gasteiger partial charge on any atom is 0.252 e. The summed E-state index contributed by atoms with van der Waals surface area (Å²) in [4.78, 5) is 19.4. The van der Waals surface area contributed by atoms with Crippen molar-refractivity contribution in [3.63, 3.8) is 0 Å². The molecule has 2 aromatic heterocycles. The number of benzene rings is 3. The van der Waals surface area contributed by atoms with Gasteiger partial charge in [-0.15, -0.1) is 0 Å². The number of carbonyl (C=O) groups excluding carboxylic acids is 1. The lowest BCUT2D eigenvalue weighted by Gasteiger charge is -2.04. The summed E-state index contributed by atoms with van der Waals surface area (Å²) in [6.07, 6.45) is 0. The average Bonchev–Trinajstić information content (AvgIpc) is 3.27. The van der Waals surface area contributed by atoms with Crippen molar-refractivity contribution >= 4 is 49.5 Å². The molecule has 0 saturated carbocycles. The standard InChI is InChI=1S/C20H13N3O3/c24-8-1-3-13-10(5-8)15-12-7-21-20(26)17(12)16-11-6-9(25)2-4-14(11)23-19(16)18(15)22-13/h1-6,22-25H,7H2,(H,21,26). The van der Waals surface area contributed by atoms with Crippen LogP contribution < -0.4 is 5.32 Å². The fourth-order valence-electron chi connectivity index (χ4n) is 4.27. The topological polar surface area (TPSA) is 101 Å². The first kappa shape index (κ1) is 13.6. The first-order chi connectivity index (χ1) is 12.6. The Morgan fingerprint density at radius 1 is 0.808 bits per heavy atom. The van der Waals surface area contributed by atoms with Gasteiger partial charge in [0.05, 0.1) is 16.6 Å². The molecule has 0 unspecified atom stereocenters. The van der Waals surface area contributed by atoms with E-state index in [0.717, 1.165) is 49.2 Å². The number of aromatic nitrogens is 2. The fraction of sp³-hybridized carbons (Fsp3) is 0.0500. The monoisotopic (exact) mass is 343 g/mol. The lowest BCUT2D eigenvalue weighted by atomic mass is 9.97. The number of phenols is 2. The van der Waals surface area contributed by atoms with Crippen LogP contribution in [0.4, 0.5) is 0 Å². The van der Waals surface area contributed by atoms with E-state index in [1.54, 1.807) is 24.3 Å². The number of aromatic amines is 2. The number of hydrogen-bond donors (Lipinski definition) is 5. The van der Waals surface area contributed by atoms with Crippen LogP contribution in [-0.2, 0) is 6.54 Å². The minimum atomic E-state index is -0.120. The third kappa shape index (κ3) is 1.49. The number of H-pyrrole nitrogens is 2. The summed E-state index contributed by atoms with van der Waals surface area (Å²) in [7, 11) is 0. The highest BCUT2D eigenvalue weighted by Gasteiger charge is 2.29. The zero-order chi connectivity index (χ0) is 17.6. The maximum atomic E-state index is 12.6. The molecule has 0 aliphatic carbocycles. The largest absolute Gasteiger partial charge is 0.508 e. The molecule has 6 nitrogen and oxygen atoms in total. The van der Waals surface area contributed by atoms with Gasteiger partial charge in [-0.2, -0.15) is 0 Å². The van der Waals surface area contributed by atoms with E-state index in [-0.39, 0.29) is 17.4 Å². The number of fused-ring (bicyclic) bond motifs is 10. The molecular weight excluding hydrogens is 330 g/mol. The Kier molecular flexibility index (Phi) is 2.24. The molecule has 0 bridgehead atoms. The van der Waals surface area contributed by atoms with Crippen molar-refractivity contribution in [3.8, 4) is 11.5 Å². The lowest BCUT2D eigenvalue weighted by Crippen LogP contribution is -2.12. The van der Waals surface area contributed by atoms with Crippen LogP contribution in [0.15, 0.2) is 36.4 Å². The molecule has 0 fully saturated rings. The summed E-state index contributed by atoms with van der Waals surface area (Å²) in [5.74, 6) is 0.226. The Bertz CT molecular complexity index is 1430. The summed E-state index contributed by atoms with van der Waals surface area (Å²) in [5.41, 5.74) is 5.02. The molecule has 0 radical (unpaired) electrons. The summed E-state index contributed by atoms with van der Waals surface area (Å²) < 4.78 is 0. The molecule has 6 heteroatoms. The van der Waals surface area contributed by atoms with Gasteiger partial charge in [0.25, 0.3) is 5.91 Å². The smallest absolute Gasteiger partial charge is 0.252 e. The molecule has 0 atom stereocenters. The molecule has 0 saturated heterocycles. The third-order valence-corrected chi connectivity index (χ3v) is 5.32. The van der Waals surface area contributed by atoms with Crippen molar-refractivity contribution in [2.45, 2.75) is 6.54 Å². The average molecular weight is 343 g/mol. The molecule has 126 valence electrons. The van der Waals surface area contributed by atoms with Crippen LogP contribution in [0.1, 0.15) is 15.9 Å². The minimum absolute atomic E-state index is 0.120.